The van der Waals surface area contributed by atoms with Crippen molar-refractivity contribution in [3.05, 3.63) is 51.2 Å². The number of fused-ring (bicyclic) bond motifs is 4. The number of carbonyl (C=O) groups is 1. The van der Waals surface area contributed by atoms with Crippen molar-refractivity contribution in [2.24, 2.45) is 0 Å². The molecular weight excluding hydrogens is 282 g/mol. The number of nitrogens with zero attached hydrogens (tertiary/aromatic N) is 1. The van der Waals surface area contributed by atoms with Gasteiger partial charge in [-0.15, -0.1) is 11.3 Å². The topological polar surface area (TPSA) is 50.2 Å². The maximum atomic E-state index is 11.8. The third-order valence-electron chi connectivity index (χ3n) is 4.06. The van der Waals surface area contributed by atoms with Crippen LogP contribution in [0, 0.1) is 6.92 Å². The molecule has 104 valence electrons. The first-order valence-electron chi connectivity index (χ1n) is 6.88. The second-order valence-electron chi connectivity index (χ2n) is 5.40. The Morgan fingerprint density at radius 3 is 2.95 bits per heavy atom. The molecule has 2 heterocycles. The lowest BCUT2D eigenvalue weighted by molar-refractivity contribution is 0.0698. The van der Waals surface area contributed by atoms with E-state index in [2.05, 4.69) is 11.4 Å². The molecule has 0 unspecified atom stereocenters. The maximum Gasteiger partial charge on any atom is 0.336 e. The molecule has 0 fully saturated rings. The summed E-state index contributed by atoms with van der Waals surface area (Å²) in [5.74, 6) is -0.858. The fourth-order valence-corrected chi connectivity index (χ4v) is 3.99. The van der Waals surface area contributed by atoms with Crippen molar-refractivity contribution in [2.45, 2.75) is 19.8 Å². The van der Waals surface area contributed by atoms with E-state index < -0.39 is 5.97 Å². The van der Waals surface area contributed by atoms with Crippen LogP contribution in [0.25, 0.3) is 22.2 Å². The van der Waals surface area contributed by atoms with Crippen LogP contribution in [0.15, 0.2) is 29.6 Å². The minimum atomic E-state index is -0.858. The van der Waals surface area contributed by atoms with Gasteiger partial charge in [0.2, 0.25) is 0 Å². The van der Waals surface area contributed by atoms with Crippen LogP contribution in [0.1, 0.15) is 26.4 Å². The number of pyridine rings is 1. The predicted octanol–water partition coefficient (Wildman–Crippen LogP) is 4.07. The van der Waals surface area contributed by atoms with E-state index in [9.17, 15) is 9.90 Å². The van der Waals surface area contributed by atoms with Crippen LogP contribution in [0.5, 0.6) is 0 Å². The highest BCUT2D eigenvalue weighted by molar-refractivity contribution is 7.10. The Kier molecular flexibility index (Phi) is 2.62. The average Bonchev–Trinajstić information content (AvgIpc) is 2.93. The molecule has 1 aliphatic carbocycles. The Balaban J connectivity index is 2.15. The molecule has 1 aliphatic rings. The number of carboxylic acid groups (broad SMARTS) is 1. The summed E-state index contributed by atoms with van der Waals surface area (Å²) in [7, 11) is 0. The van der Waals surface area contributed by atoms with Gasteiger partial charge in [0.25, 0.3) is 0 Å². The van der Waals surface area contributed by atoms with Crippen LogP contribution in [0.3, 0.4) is 0 Å². The molecule has 0 atom stereocenters. The first-order chi connectivity index (χ1) is 10.1. The smallest absolute Gasteiger partial charge is 0.336 e. The van der Waals surface area contributed by atoms with Gasteiger partial charge in [-0.25, -0.2) is 9.78 Å². The van der Waals surface area contributed by atoms with E-state index in [1.165, 1.54) is 4.88 Å². The number of benzene rings is 1. The van der Waals surface area contributed by atoms with E-state index in [-0.39, 0.29) is 0 Å². The van der Waals surface area contributed by atoms with Crippen molar-refractivity contribution in [2.75, 3.05) is 0 Å². The minimum absolute atomic E-state index is 0.426. The average molecular weight is 295 g/mol. The van der Waals surface area contributed by atoms with Crippen LogP contribution in [-0.4, -0.2) is 16.1 Å². The zero-order valence-electron chi connectivity index (χ0n) is 11.5. The molecule has 0 radical (unpaired) electrons. The maximum absolute atomic E-state index is 11.8. The molecular formula is C17H13NO2S. The number of thiophene rings is 1. The van der Waals surface area contributed by atoms with Crippen LogP contribution >= 0.6 is 11.3 Å². The van der Waals surface area contributed by atoms with Gasteiger partial charge in [0.05, 0.1) is 16.8 Å². The van der Waals surface area contributed by atoms with Gasteiger partial charge in [-0.05, 0) is 48.9 Å². The largest absolute Gasteiger partial charge is 0.478 e. The normalized spacial score (nSPS) is 13.0. The van der Waals surface area contributed by atoms with Gasteiger partial charge in [-0.2, -0.15) is 0 Å². The van der Waals surface area contributed by atoms with E-state index in [1.54, 1.807) is 11.3 Å². The van der Waals surface area contributed by atoms with Gasteiger partial charge in [-0.3, -0.25) is 0 Å². The van der Waals surface area contributed by atoms with E-state index >= 15 is 0 Å². The zero-order valence-corrected chi connectivity index (χ0v) is 12.3. The molecule has 0 spiro atoms. The summed E-state index contributed by atoms with van der Waals surface area (Å²) in [5.41, 5.74) is 5.08. The fraction of sp³-hybridized carbons (Fsp3) is 0.176. The number of carboxylic acids is 1. The lowest BCUT2D eigenvalue weighted by Crippen LogP contribution is -2.12. The molecule has 1 aromatic carbocycles. The number of hydrogen-bond acceptors (Lipinski definition) is 3. The van der Waals surface area contributed by atoms with Crippen LogP contribution < -0.4 is 0 Å². The molecule has 0 bridgehead atoms. The number of aromatic carboxylic acids is 1. The third kappa shape index (κ3) is 1.79. The Morgan fingerprint density at radius 2 is 2.14 bits per heavy atom. The molecule has 0 saturated heterocycles. The summed E-state index contributed by atoms with van der Waals surface area (Å²) in [5, 5.41) is 12.5. The lowest BCUT2D eigenvalue weighted by atomic mass is 9.89. The first kappa shape index (κ1) is 12.5. The molecule has 3 nitrogen and oxygen atoms in total. The Labute approximate surface area is 125 Å². The summed E-state index contributed by atoms with van der Waals surface area (Å²) in [6.45, 7) is 1.97. The van der Waals surface area contributed by atoms with E-state index in [0.717, 1.165) is 46.1 Å². The number of hydrogen-bond donors (Lipinski definition) is 1. The van der Waals surface area contributed by atoms with Gasteiger partial charge in [0.15, 0.2) is 0 Å². The van der Waals surface area contributed by atoms with Crippen LogP contribution in [0.4, 0.5) is 0 Å². The Hall–Kier alpha value is -2.20. The number of rotatable bonds is 1. The Bertz CT molecular complexity index is 895. The highest BCUT2D eigenvalue weighted by Gasteiger charge is 2.26. The zero-order chi connectivity index (χ0) is 14.6. The number of aromatic nitrogens is 1. The fourth-order valence-electron chi connectivity index (χ4n) is 3.11. The number of aryl methyl sites for hydroxylation is 2. The predicted molar refractivity (Wildman–Crippen MR) is 84.2 cm³/mol. The SMILES string of the molecule is Cc1ccc2nc3c(c(C(=O)O)c2c1)CCc1sccc1-3. The van der Waals surface area contributed by atoms with Gasteiger partial charge in [-0.1, -0.05) is 11.6 Å². The molecule has 1 N–H and O–H groups in total. The standard InChI is InChI=1S/C17H13NO2S/c1-9-2-4-13-12(8-9)15(17(19)20)11-3-5-14-10(6-7-21-14)16(11)18-13/h2,4,6-8H,3,5H2,1H3,(H,19,20). The van der Waals surface area contributed by atoms with Crippen molar-refractivity contribution < 1.29 is 9.90 Å². The monoisotopic (exact) mass is 295 g/mol. The second-order valence-corrected chi connectivity index (χ2v) is 6.40. The van der Waals surface area contributed by atoms with Crippen LogP contribution in [-0.2, 0) is 12.8 Å². The summed E-state index contributed by atoms with van der Waals surface area (Å²) < 4.78 is 0. The van der Waals surface area contributed by atoms with Crippen molar-refractivity contribution >= 4 is 28.2 Å². The third-order valence-corrected chi connectivity index (χ3v) is 5.04. The van der Waals surface area contributed by atoms with E-state index in [1.807, 2.05) is 25.1 Å². The van der Waals surface area contributed by atoms with Crippen molar-refractivity contribution in [1.29, 1.82) is 0 Å². The second kappa shape index (κ2) is 4.40. The molecule has 21 heavy (non-hydrogen) atoms. The summed E-state index contributed by atoms with van der Waals surface area (Å²) in [6, 6.07) is 7.87. The molecule has 4 rings (SSSR count). The van der Waals surface area contributed by atoms with Crippen LogP contribution in [0.2, 0.25) is 0 Å². The van der Waals surface area contributed by atoms with Crippen molar-refractivity contribution in [3.63, 3.8) is 0 Å². The highest BCUT2D eigenvalue weighted by Crippen LogP contribution is 2.39. The molecule has 4 heteroatoms. The van der Waals surface area contributed by atoms with Gasteiger partial charge in [0.1, 0.15) is 0 Å². The molecule has 2 aromatic heterocycles. The van der Waals surface area contributed by atoms with Gasteiger partial charge in [0, 0.05) is 15.8 Å². The summed E-state index contributed by atoms with van der Waals surface area (Å²) >= 11 is 1.72. The van der Waals surface area contributed by atoms with E-state index in [0.29, 0.717) is 5.56 Å². The quantitative estimate of drug-likeness (QED) is 0.736. The minimum Gasteiger partial charge on any atom is -0.478 e. The lowest BCUT2D eigenvalue weighted by Gasteiger charge is -2.19. The van der Waals surface area contributed by atoms with Gasteiger partial charge < -0.3 is 5.11 Å². The summed E-state index contributed by atoms with van der Waals surface area (Å²) in [4.78, 5) is 17.9. The molecule has 0 saturated carbocycles. The van der Waals surface area contributed by atoms with Gasteiger partial charge >= 0.3 is 5.97 Å². The summed E-state index contributed by atoms with van der Waals surface area (Å²) in [6.07, 6.45) is 1.65. The van der Waals surface area contributed by atoms with Crippen molar-refractivity contribution in [3.8, 4) is 11.3 Å². The molecule has 0 amide bonds. The molecule has 0 aliphatic heterocycles. The Morgan fingerprint density at radius 1 is 1.29 bits per heavy atom. The molecule has 3 aromatic rings. The van der Waals surface area contributed by atoms with Crippen molar-refractivity contribution in [1.82, 2.24) is 4.98 Å². The first-order valence-corrected chi connectivity index (χ1v) is 7.76. The van der Waals surface area contributed by atoms with E-state index in [4.69, 9.17) is 4.98 Å². The highest BCUT2D eigenvalue weighted by atomic mass is 32.1.